The maximum Gasteiger partial charge on any atom is 0.211 e. The van der Waals surface area contributed by atoms with Gasteiger partial charge in [0.1, 0.15) is 0 Å². The van der Waals surface area contributed by atoms with Crippen LogP contribution in [-0.4, -0.2) is 26.6 Å². The molecule has 1 rings (SSSR count). The highest BCUT2D eigenvalue weighted by Gasteiger charge is 2.33. The smallest absolute Gasteiger partial charge is 0.211 e. The molecule has 0 aromatic carbocycles. The number of sulfonamides is 1. The van der Waals surface area contributed by atoms with Crippen LogP contribution in [0.3, 0.4) is 0 Å². The fourth-order valence-electron chi connectivity index (χ4n) is 2.52. The van der Waals surface area contributed by atoms with Gasteiger partial charge < -0.3 is 0 Å². The van der Waals surface area contributed by atoms with Gasteiger partial charge in [0, 0.05) is 12.4 Å². The van der Waals surface area contributed by atoms with Crippen molar-refractivity contribution in [2.75, 3.05) is 18.2 Å². The molecular weight excluding hydrogens is 258 g/mol. The van der Waals surface area contributed by atoms with E-state index < -0.39 is 10.0 Å². The Morgan fingerprint density at radius 3 is 2.41 bits per heavy atom. The summed E-state index contributed by atoms with van der Waals surface area (Å²) in [6.45, 7) is 4.61. The Labute approximate surface area is 110 Å². The minimum absolute atomic E-state index is 0.00956. The van der Waals surface area contributed by atoms with Crippen LogP contribution in [0.15, 0.2) is 0 Å². The van der Waals surface area contributed by atoms with Crippen molar-refractivity contribution in [3.8, 4) is 0 Å². The molecular formula is C12H24ClNO2S. The van der Waals surface area contributed by atoms with Gasteiger partial charge in [-0.25, -0.2) is 13.1 Å². The molecule has 0 bridgehead atoms. The maximum atomic E-state index is 11.8. The maximum absolute atomic E-state index is 11.8. The normalized spacial score (nSPS) is 21.6. The van der Waals surface area contributed by atoms with Crippen LogP contribution in [-0.2, 0) is 10.0 Å². The van der Waals surface area contributed by atoms with Crippen LogP contribution in [0.1, 0.15) is 46.0 Å². The van der Waals surface area contributed by atoms with Crippen molar-refractivity contribution in [2.45, 2.75) is 46.0 Å². The van der Waals surface area contributed by atoms with Gasteiger partial charge >= 0.3 is 0 Å². The lowest BCUT2D eigenvalue weighted by atomic mass is 9.84. The van der Waals surface area contributed by atoms with Crippen molar-refractivity contribution in [1.82, 2.24) is 4.72 Å². The fourth-order valence-corrected chi connectivity index (χ4v) is 4.27. The van der Waals surface area contributed by atoms with Crippen molar-refractivity contribution >= 4 is 21.6 Å². The molecule has 0 spiro atoms. The van der Waals surface area contributed by atoms with Crippen molar-refractivity contribution in [3.63, 3.8) is 0 Å². The van der Waals surface area contributed by atoms with Crippen LogP contribution in [0.4, 0.5) is 0 Å². The first kappa shape index (κ1) is 15.3. The third-order valence-corrected chi connectivity index (χ3v) is 5.97. The molecule has 0 aliphatic heterocycles. The number of halogens is 1. The molecule has 0 saturated heterocycles. The molecule has 1 unspecified atom stereocenters. The summed E-state index contributed by atoms with van der Waals surface area (Å²) in [6.07, 6.45) is 5.82. The molecule has 17 heavy (non-hydrogen) atoms. The van der Waals surface area contributed by atoms with Crippen LogP contribution in [0.2, 0.25) is 0 Å². The van der Waals surface area contributed by atoms with Gasteiger partial charge in [0.2, 0.25) is 10.0 Å². The first-order valence-electron chi connectivity index (χ1n) is 6.46. The molecule has 1 aliphatic carbocycles. The lowest BCUT2D eigenvalue weighted by Crippen LogP contribution is -2.38. The highest BCUT2D eigenvalue weighted by Crippen LogP contribution is 2.40. The summed E-state index contributed by atoms with van der Waals surface area (Å²) in [5.41, 5.74) is 0.206. The number of alkyl halides is 1. The van der Waals surface area contributed by atoms with Gasteiger partial charge in [0.05, 0.1) is 5.75 Å². The molecule has 0 amide bonds. The van der Waals surface area contributed by atoms with Gasteiger partial charge in [-0.05, 0) is 30.6 Å². The van der Waals surface area contributed by atoms with Crippen molar-refractivity contribution < 1.29 is 8.42 Å². The summed E-state index contributed by atoms with van der Waals surface area (Å²) in [7, 11) is -3.16. The fraction of sp³-hybridized carbons (Fsp3) is 1.00. The van der Waals surface area contributed by atoms with E-state index in [1.54, 1.807) is 0 Å². The second-order valence-corrected chi connectivity index (χ2v) is 7.58. The van der Waals surface area contributed by atoms with Crippen LogP contribution in [0.5, 0.6) is 0 Å². The second kappa shape index (κ2) is 6.39. The van der Waals surface area contributed by atoms with E-state index in [-0.39, 0.29) is 17.1 Å². The average Bonchev–Trinajstić information content (AvgIpc) is 2.75. The van der Waals surface area contributed by atoms with E-state index in [1.807, 2.05) is 6.92 Å². The van der Waals surface area contributed by atoms with E-state index in [9.17, 15) is 8.42 Å². The number of nitrogens with one attached hydrogen (secondary N) is 1. The Hall–Kier alpha value is 0.200. The summed E-state index contributed by atoms with van der Waals surface area (Å²) in [4.78, 5) is 0. The zero-order chi connectivity index (χ0) is 12.9. The van der Waals surface area contributed by atoms with E-state index in [4.69, 9.17) is 11.6 Å². The molecule has 0 radical (unpaired) electrons. The van der Waals surface area contributed by atoms with Gasteiger partial charge in [0.25, 0.3) is 0 Å². The molecule has 1 N–H and O–H groups in total. The van der Waals surface area contributed by atoms with Crippen LogP contribution < -0.4 is 4.72 Å². The zero-order valence-electron chi connectivity index (χ0n) is 10.8. The van der Waals surface area contributed by atoms with Gasteiger partial charge in [-0.15, -0.1) is 11.6 Å². The van der Waals surface area contributed by atoms with Crippen molar-refractivity contribution in [2.24, 2.45) is 11.3 Å². The van der Waals surface area contributed by atoms with E-state index in [2.05, 4.69) is 11.6 Å². The third-order valence-electron chi connectivity index (χ3n) is 3.85. The van der Waals surface area contributed by atoms with E-state index in [1.165, 1.54) is 12.8 Å². The van der Waals surface area contributed by atoms with Crippen molar-refractivity contribution in [3.05, 3.63) is 0 Å². The Bertz CT molecular complexity index is 323. The minimum Gasteiger partial charge on any atom is -0.215 e. The van der Waals surface area contributed by atoms with Crippen molar-refractivity contribution in [1.29, 1.82) is 0 Å². The summed E-state index contributed by atoms with van der Waals surface area (Å²) < 4.78 is 26.5. The van der Waals surface area contributed by atoms with Crippen LogP contribution in [0.25, 0.3) is 0 Å². The standard InChI is InChI=1S/C12H24ClNO2S/c1-3-12(6-4-5-7-12)10-14-17(15,16)9-11(2)8-13/h11,14H,3-10H2,1-2H3. The number of hydrogen-bond acceptors (Lipinski definition) is 2. The molecule has 0 aromatic heterocycles. The summed E-state index contributed by atoms with van der Waals surface area (Å²) >= 11 is 5.65. The first-order valence-corrected chi connectivity index (χ1v) is 8.65. The SMILES string of the molecule is CCC1(CNS(=O)(=O)CC(C)CCl)CCCC1. The lowest BCUT2D eigenvalue weighted by Gasteiger charge is -2.27. The van der Waals surface area contributed by atoms with E-state index >= 15 is 0 Å². The molecule has 1 fully saturated rings. The molecule has 3 nitrogen and oxygen atoms in total. The average molecular weight is 282 g/mol. The molecule has 0 aromatic rings. The van der Waals surface area contributed by atoms with Gasteiger partial charge in [0.15, 0.2) is 0 Å². The van der Waals surface area contributed by atoms with Crippen LogP contribution in [0, 0.1) is 11.3 Å². The zero-order valence-corrected chi connectivity index (χ0v) is 12.4. The predicted octanol–water partition coefficient (Wildman–Crippen LogP) is 2.75. The molecule has 0 heterocycles. The summed E-state index contributed by atoms with van der Waals surface area (Å²) in [6, 6.07) is 0. The molecule has 1 saturated carbocycles. The Kier molecular flexibility index (Phi) is 5.74. The highest BCUT2D eigenvalue weighted by molar-refractivity contribution is 7.89. The van der Waals surface area contributed by atoms with E-state index in [0.29, 0.717) is 12.4 Å². The van der Waals surface area contributed by atoms with Gasteiger partial charge in [-0.3, -0.25) is 0 Å². The minimum atomic E-state index is -3.16. The highest BCUT2D eigenvalue weighted by atomic mass is 35.5. The monoisotopic (exact) mass is 281 g/mol. The topological polar surface area (TPSA) is 46.2 Å². The molecule has 5 heteroatoms. The number of hydrogen-bond donors (Lipinski definition) is 1. The van der Waals surface area contributed by atoms with E-state index in [0.717, 1.165) is 19.3 Å². The summed E-state index contributed by atoms with van der Waals surface area (Å²) in [5, 5.41) is 0. The Balaban J connectivity index is 2.48. The second-order valence-electron chi connectivity index (χ2n) is 5.42. The quantitative estimate of drug-likeness (QED) is 0.730. The predicted molar refractivity (Wildman–Crippen MR) is 72.9 cm³/mol. The number of rotatable bonds is 7. The largest absolute Gasteiger partial charge is 0.215 e. The Morgan fingerprint density at radius 2 is 1.94 bits per heavy atom. The Morgan fingerprint density at radius 1 is 1.35 bits per heavy atom. The third kappa shape index (κ3) is 4.76. The lowest BCUT2D eigenvalue weighted by molar-refractivity contribution is 0.285. The van der Waals surface area contributed by atoms with Gasteiger partial charge in [-0.1, -0.05) is 26.7 Å². The van der Waals surface area contributed by atoms with Gasteiger partial charge in [-0.2, -0.15) is 0 Å². The molecule has 102 valence electrons. The molecule has 1 aliphatic rings. The van der Waals surface area contributed by atoms with Crippen LogP contribution >= 0.6 is 11.6 Å². The summed E-state index contributed by atoms with van der Waals surface area (Å²) in [5.74, 6) is 0.533. The molecule has 1 atom stereocenters. The first-order chi connectivity index (χ1) is 7.93.